The second-order valence-corrected chi connectivity index (χ2v) is 8.95. The van der Waals surface area contributed by atoms with Gasteiger partial charge in [-0.15, -0.1) is 0 Å². The number of hydrogen-bond donors (Lipinski definition) is 0. The fraction of sp³-hybridized carbons (Fsp3) is 0.250. The number of hydrogen-bond acceptors (Lipinski definition) is 3. The summed E-state index contributed by atoms with van der Waals surface area (Å²) in [7, 11) is -3.32. The van der Waals surface area contributed by atoms with Crippen LogP contribution in [0.25, 0.3) is 16.9 Å². The molecule has 0 unspecified atom stereocenters. The smallest absolute Gasteiger partial charge is 0.296 e. The Morgan fingerprint density at radius 3 is 2.32 bits per heavy atom. The standard InChI is InChI=1S/C20H17F3N2O2S/c1-12-19(13-3-6-15(7-4-13)20(21,22)23)25-17-9-8-16(28(2,26)27)11-14(17)5-10-18(25)24-12/h3-4,6-9,11H,5,10H2,1-2H3. The first-order valence-corrected chi connectivity index (χ1v) is 10.5. The first-order chi connectivity index (χ1) is 13.1. The number of sulfone groups is 1. The molecule has 1 aliphatic rings. The van der Waals surface area contributed by atoms with E-state index in [-0.39, 0.29) is 4.90 Å². The topological polar surface area (TPSA) is 52.0 Å². The number of benzene rings is 2. The zero-order valence-corrected chi connectivity index (χ0v) is 16.0. The number of imidazole rings is 1. The minimum absolute atomic E-state index is 0.252. The Kier molecular flexibility index (Phi) is 4.15. The second-order valence-electron chi connectivity index (χ2n) is 6.94. The maximum Gasteiger partial charge on any atom is 0.416 e. The molecule has 1 aliphatic heterocycles. The molecule has 8 heteroatoms. The zero-order valence-electron chi connectivity index (χ0n) is 15.2. The van der Waals surface area contributed by atoms with E-state index in [0.717, 1.165) is 46.9 Å². The quantitative estimate of drug-likeness (QED) is 0.635. The van der Waals surface area contributed by atoms with Crippen molar-refractivity contribution in [3.8, 4) is 16.9 Å². The number of alkyl halides is 3. The van der Waals surface area contributed by atoms with Gasteiger partial charge in [0.05, 0.1) is 27.5 Å². The third-order valence-corrected chi connectivity index (χ3v) is 6.06. The lowest BCUT2D eigenvalue weighted by molar-refractivity contribution is -0.137. The van der Waals surface area contributed by atoms with Crippen molar-refractivity contribution >= 4 is 9.84 Å². The Labute approximate surface area is 160 Å². The SMILES string of the molecule is Cc1nc2n(c1-c1ccc(C(F)(F)F)cc1)-c1ccc(S(C)(=O)=O)cc1CC2. The predicted octanol–water partition coefficient (Wildman–Crippen LogP) is 4.37. The van der Waals surface area contributed by atoms with Crippen LogP contribution in [0.15, 0.2) is 47.4 Å². The molecule has 1 aromatic heterocycles. The van der Waals surface area contributed by atoms with E-state index in [1.807, 2.05) is 11.5 Å². The normalized spacial score (nSPS) is 13.9. The van der Waals surface area contributed by atoms with E-state index < -0.39 is 21.6 Å². The fourth-order valence-corrected chi connectivity index (χ4v) is 4.30. The van der Waals surface area contributed by atoms with Gasteiger partial charge in [-0.25, -0.2) is 13.4 Å². The maximum absolute atomic E-state index is 12.9. The summed E-state index contributed by atoms with van der Waals surface area (Å²) in [4.78, 5) is 4.84. The third kappa shape index (κ3) is 3.11. The summed E-state index contributed by atoms with van der Waals surface area (Å²) in [6.45, 7) is 1.82. The summed E-state index contributed by atoms with van der Waals surface area (Å²) in [5, 5.41) is 0. The minimum Gasteiger partial charge on any atom is -0.296 e. The van der Waals surface area contributed by atoms with Gasteiger partial charge < -0.3 is 0 Å². The summed E-state index contributed by atoms with van der Waals surface area (Å²) in [6, 6.07) is 9.96. The maximum atomic E-state index is 12.9. The van der Waals surface area contributed by atoms with Crippen molar-refractivity contribution in [3.63, 3.8) is 0 Å². The molecule has 146 valence electrons. The van der Waals surface area contributed by atoms with Crippen molar-refractivity contribution in [1.29, 1.82) is 0 Å². The van der Waals surface area contributed by atoms with Gasteiger partial charge >= 0.3 is 6.18 Å². The third-order valence-electron chi connectivity index (χ3n) is 4.94. The van der Waals surface area contributed by atoms with E-state index in [2.05, 4.69) is 4.98 Å². The van der Waals surface area contributed by atoms with Crippen molar-refractivity contribution in [1.82, 2.24) is 9.55 Å². The van der Waals surface area contributed by atoms with E-state index in [4.69, 9.17) is 0 Å². The van der Waals surface area contributed by atoms with Crippen LogP contribution < -0.4 is 0 Å². The Morgan fingerprint density at radius 2 is 1.71 bits per heavy atom. The number of aromatic nitrogens is 2. The highest BCUT2D eigenvalue weighted by Crippen LogP contribution is 2.36. The molecule has 2 aromatic carbocycles. The molecule has 0 saturated carbocycles. The minimum atomic E-state index is -4.39. The lowest BCUT2D eigenvalue weighted by atomic mass is 10.0. The van der Waals surface area contributed by atoms with E-state index in [0.29, 0.717) is 18.4 Å². The van der Waals surface area contributed by atoms with Crippen LogP contribution in [0.4, 0.5) is 13.2 Å². The summed E-state index contributed by atoms with van der Waals surface area (Å²) in [5.41, 5.74) is 3.05. The highest BCUT2D eigenvalue weighted by atomic mass is 32.2. The molecule has 0 N–H and O–H groups in total. The largest absolute Gasteiger partial charge is 0.416 e. The molecule has 2 heterocycles. The molecule has 0 radical (unpaired) electrons. The average Bonchev–Trinajstić information content (AvgIpc) is 2.96. The summed E-state index contributed by atoms with van der Waals surface area (Å²) in [5.74, 6) is 0.812. The highest BCUT2D eigenvalue weighted by Gasteiger charge is 2.30. The first-order valence-electron chi connectivity index (χ1n) is 8.65. The van der Waals surface area contributed by atoms with Crippen LogP contribution in [0.2, 0.25) is 0 Å². The van der Waals surface area contributed by atoms with Crippen LogP contribution in [0.1, 0.15) is 22.6 Å². The summed E-state index contributed by atoms with van der Waals surface area (Å²) < 4.78 is 64.3. The number of nitrogens with zero attached hydrogens (tertiary/aromatic N) is 2. The van der Waals surface area contributed by atoms with Gasteiger partial charge in [-0.2, -0.15) is 13.2 Å². The molecule has 0 saturated heterocycles. The van der Waals surface area contributed by atoms with Gasteiger partial charge in [0, 0.05) is 18.2 Å². The highest BCUT2D eigenvalue weighted by molar-refractivity contribution is 7.90. The van der Waals surface area contributed by atoms with Crippen molar-refractivity contribution in [2.45, 2.75) is 30.8 Å². The number of aryl methyl sites for hydroxylation is 3. The van der Waals surface area contributed by atoms with Crippen LogP contribution >= 0.6 is 0 Å². The first kappa shape index (κ1) is 18.7. The van der Waals surface area contributed by atoms with Gasteiger partial charge in [0.2, 0.25) is 0 Å². The van der Waals surface area contributed by atoms with E-state index in [1.54, 1.807) is 18.2 Å². The van der Waals surface area contributed by atoms with Crippen LogP contribution in [0.3, 0.4) is 0 Å². The number of fused-ring (bicyclic) bond motifs is 3. The summed E-state index contributed by atoms with van der Waals surface area (Å²) in [6.07, 6.45) is -1.94. The Balaban J connectivity index is 1.87. The lowest BCUT2D eigenvalue weighted by Gasteiger charge is -2.21. The molecule has 0 atom stereocenters. The van der Waals surface area contributed by atoms with Crippen molar-refractivity contribution in [2.24, 2.45) is 0 Å². The van der Waals surface area contributed by atoms with Crippen molar-refractivity contribution in [3.05, 3.63) is 65.1 Å². The van der Waals surface area contributed by atoms with Gasteiger partial charge in [-0.3, -0.25) is 4.57 Å². The second kappa shape index (κ2) is 6.20. The molecule has 0 amide bonds. The van der Waals surface area contributed by atoms with Crippen LogP contribution in [0.5, 0.6) is 0 Å². The van der Waals surface area contributed by atoms with Gasteiger partial charge in [-0.05, 0) is 49.2 Å². The molecule has 3 aromatic rings. The molecule has 0 bridgehead atoms. The van der Waals surface area contributed by atoms with E-state index >= 15 is 0 Å². The average molecular weight is 406 g/mol. The molecule has 0 aliphatic carbocycles. The predicted molar refractivity (Wildman–Crippen MR) is 99.3 cm³/mol. The number of rotatable bonds is 2. The molecule has 0 spiro atoms. The van der Waals surface area contributed by atoms with Gasteiger partial charge in [0.25, 0.3) is 0 Å². The monoisotopic (exact) mass is 406 g/mol. The zero-order chi connectivity index (χ0) is 20.3. The Bertz CT molecular complexity index is 1180. The van der Waals surface area contributed by atoms with E-state index in [9.17, 15) is 21.6 Å². The van der Waals surface area contributed by atoms with Gasteiger partial charge in [0.1, 0.15) is 5.82 Å². The molecule has 0 fully saturated rings. The fourth-order valence-electron chi connectivity index (χ4n) is 3.63. The summed E-state index contributed by atoms with van der Waals surface area (Å²) >= 11 is 0. The van der Waals surface area contributed by atoms with Crippen LogP contribution in [0, 0.1) is 6.92 Å². The molecule has 4 rings (SSSR count). The van der Waals surface area contributed by atoms with Gasteiger partial charge in [-0.1, -0.05) is 12.1 Å². The van der Waals surface area contributed by atoms with Crippen molar-refractivity contribution in [2.75, 3.05) is 6.26 Å². The van der Waals surface area contributed by atoms with Gasteiger partial charge in [0.15, 0.2) is 9.84 Å². The molecule has 4 nitrogen and oxygen atoms in total. The lowest BCUT2D eigenvalue weighted by Crippen LogP contribution is -2.14. The molecular weight excluding hydrogens is 389 g/mol. The Morgan fingerprint density at radius 1 is 1.04 bits per heavy atom. The molecule has 28 heavy (non-hydrogen) atoms. The van der Waals surface area contributed by atoms with Crippen LogP contribution in [-0.2, 0) is 28.9 Å². The van der Waals surface area contributed by atoms with E-state index in [1.165, 1.54) is 12.1 Å². The van der Waals surface area contributed by atoms with Crippen LogP contribution in [-0.4, -0.2) is 24.2 Å². The van der Waals surface area contributed by atoms with Crippen molar-refractivity contribution < 1.29 is 21.6 Å². The number of halogens is 3. The molecular formula is C20H17F3N2O2S. The Hall–Kier alpha value is -2.61.